The van der Waals surface area contributed by atoms with Crippen LogP contribution in [0.25, 0.3) is 11.1 Å². The van der Waals surface area contributed by atoms with Gasteiger partial charge in [-0.3, -0.25) is 9.59 Å². The zero-order chi connectivity index (χ0) is 26.1. The van der Waals surface area contributed by atoms with E-state index in [0.29, 0.717) is 47.5 Å². The molecule has 3 rings (SSSR count). The molecule has 0 saturated heterocycles. The molecule has 1 aliphatic rings. The predicted octanol–water partition coefficient (Wildman–Crippen LogP) is 4.16. The Hall–Kier alpha value is -2.07. The second-order valence-electron chi connectivity index (χ2n) is 9.13. The molecule has 0 radical (unpaired) electrons. The van der Waals surface area contributed by atoms with E-state index in [4.69, 9.17) is 11.6 Å². The number of carbonyl (C=O) groups excluding carboxylic acids is 2. The summed E-state index contributed by atoms with van der Waals surface area (Å²) >= 11 is 10.9. The molecule has 2 aromatic carbocycles. The minimum Gasteiger partial charge on any atom is -0.355 e. The highest BCUT2D eigenvalue weighted by Gasteiger charge is 2.28. The number of rotatable bonds is 11. The van der Waals surface area contributed by atoms with Crippen molar-refractivity contribution >= 4 is 46.1 Å². The molecule has 2 amide bonds. The van der Waals surface area contributed by atoms with Gasteiger partial charge in [-0.25, -0.2) is 13.1 Å². The molecule has 196 valence electrons. The zero-order valence-electron chi connectivity index (χ0n) is 20.4. The number of carbonyl (C=O) groups is 2. The monoisotopic (exact) mass is 551 g/mol. The number of sulfonamides is 1. The van der Waals surface area contributed by atoms with Crippen LogP contribution in [0.5, 0.6) is 0 Å². The number of benzene rings is 2. The second kappa shape index (κ2) is 13.5. The van der Waals surface area contributed by atoms with Crippen molar-refractivity contribution in [2.24, 2.45) is 11.8 Å². The third-order valence-electron chi connectivity index (χ3n) is 6.46. The third kappa shape index (κ3) is 7.71. The quantitative estimate of drug-likeness (QED) is 0.248. The zero-order valence-corrected chi connectivity index (χ0v) is 22.9. The molecule has 1 saturated carbocycles. The number of thiol groups is 1. The SMILES string of the molecule is CC(=O)NS(=O)(=O)c1ccccc1-c1ccc(CNCCNC(=O)[C@@H](CS)C2CCCCC2)cc1Cl. The second-order valence-corrected chi connectivity index (χ2v) is 11.6. The lowest BCUT2D eigenvalue weighted by atomic mass is 9.80. The molecule has 1 aliphatic carbocycles. The summed E-state index contributed by atoms with van der Waals surface area (Å²) in [6.45, 7) is 2.82. The summed E-state index contributed by atoms with van der Waals surface area (Å²) in [4.78, 5) is 23.9. The molecular weight excluding hydrogens is 518 g/mol. The fourth-order valence-corrected chi connectivity index (χ4v) is 6.66. The molecule has 10 heteroatoms. The van der Waals surface area contributed by atoms with Crippen LogP contribution in [0.2, 0.25) is 5.02 Å². The molecule has 36 heavy (non-hydrogen) atoms. The van der Waals surface area contributed by atoms with Crippen LogP contribution in [0.1, 0.15) is 44.6 Å². The Labute approximate surface area is 224 Å². The normalized spacial score (nSPS) is 15.3. The number of amides is 2. The number of nitrogens with one attached hydrogen (secondary N) is 3. The summed E-state index contributed by atoms with van der Waals surface area (Å²) in [5, 5.41) is 6.73. The number of hydrogen-bond donors (Lipinski definition) is 4. The van der Waals surface area contributed by atoms with Crippen molar-refractivity contribution in [2.75, 3.05) is 18.8 Å². The van der Waals surface area contributed by atoms with E-state index in [9.17, 15) is 18.0 Å². The number of hydrogen-bond acceptors (Lipinski definition) is 6. The molecule has 1 atom stereocenters. The van der Waals surface area contributed by atoms with Gasteiger partial charge in [0, 0.05) is 54.4 Å². The lowest BCUT2D eigenvalue weighted by Gasteiger charge is -2.28. The van der Waals surface area contributed by atoms with Gasteiger partial charge in [0.2, 0.25) is 11.8 Å². The van der Waals surface area contributed by atoms with Crippen LogP contribution in [-0.2, 0) is 26.2 Å². The first-order valence-corrected chi connectivity index (χ1v) is 14.7. The smallest absolute Gasteiger partial charge is 0.264 e. The van der Waals surface area contributed by atoms with E-state index < -0.39 is 15.9 Å². The van der Waals surface area contributed by atoms with Gasteiger partial charge in [0.1, 0.15) is 0 Å². The highest BCUT2D eigenvalue weighted by atomic mass is 35.5. The summed E-state index contributed by atoms with van der Waals surface area (Å²) < 4.78 is 27.2. The van der Waals surface area contributed by atoms with E-state index in [2.05, 4.69) is 23.3 Å². The number of halogens is 1. The van der Waals surface area contributed by atoms with Crippen LogP contribution in [0.15, 0.2) is 47.4 Å². The minimum absolute atomic E-state index is 0.0172. The van der Waals surface area contributed by atoms with Gasteiger partial charge in [0.15, 0.2) is 0 Å². The van der Waals surface area contributed by atoms with Gasteiger partial charge in [-0.05, 0) is 36.5 Å². The largest absolute Gasteiger partial charge is 0.355 e. The molecule has 0 bridgehead atoms. The fraction of sp³-hybridized carbons (Fsp3) is 0.462. The lowest BCUT2D eigenvalue weighted by Crippen LogP contribution is -2.39. The topological polar surface area (TPSA) is 104 Å². The average Bonchev–Trinajstić information content (AvgIpc) is 2.84. The van der Waals surface area contributed by atoms with Crippen LogP contribution in [0, 0.1) is 11.8 Å². The Kier molecular flexibility index (Phi) is 10.7. The maximum Gasteiger partial charge on any atom is 0.264 e. The third-order valence-corrected chi connectivity index (χ3v) is 8.66. The molecule has 2 aromatic rings. The predicted molar refractivity (Wildman–Crippen MR) is 147 cm³/mol. The Morgan fingerprint density at radius 3 is 2.44 bits per heavy atom. The van der Waals surface area contributed by atoms with Crippen LogP contribution in [0.3, 0.4) is 0 Å². The standard InChI is InChI=1S/C26H34ClN3O4S2/c1-18(31)30-36(33,34)25-10-6-5-9-22(25)21-12-11-19(15-24(21)27)16-28-13-14-29-26(32)23(17-35)20-7-3-2-4-8-20/h5-6,9-12,15,20,23,28,35H,2-4,7-8,13-14,16-17H2,1H3,(H,29,32)(H,30,31)/t23-/m0/s1. The maximum absolute atomic E-state index is 12.6. The molecule has 0 aliphatic heterocycles. The van der Waals surface area contributed by atoms with Gasteiger partial charge in [-0.15, -0.1) is 0 Å². The van der Waals surface area contributed by atoms with E-state index in [1.807, 2.05) is 10.8 Å². The molecule has 0 unspecified atom stereocenters. The molecule has 7 nitrogen and oxygen atoms in total. The van der Waals surface area contributed by atoms with Crippen LogP contribution >= 0.6 is 24.2 Å². The highest BCUT2D eigenvalue weighted by molar-refractivity contribution is 7.90. The molecule has 0 heterocycles. The Morgan fingerprint density at radius 2 is 1.78 bits per heavy atom. The van der Waals surface area contributed by atoms with E-state index in [0.717, 1.165) is 25.3 Å². The summed E-state index contributed by atoms with van der Waals surface area (Å²) in [5.41, 5.74) is 1.89. The van der Waals surface area contributed by atoms with Crippen molar-refractivity contribution in [1.82, 2.24) is 15.4 Å². The highest BCUT2D eigenvalue weighted by Crippen LogP contribution is 2.33. The van der Waals surface area contributed by atoms with Crippen LogP contribution in [-0.4, -0.2) is 39.1 Å². The summed E-state index contributed by atoms with van der Waals surface area (Å²) in [7, 11) is -4.02. The molecule has 1 fully saturated rings. The first kappa shape index (κ1) is 28.5. The van der Waals surface area contributed by atoms with Gasteiger partial charge in [-0.2, -0.15) is 12.6 Å². The lowest BCUT2D eigenvalue weighted by molar-refractivity contribution is -0.126. The van der Waals surface area contributed by atoms with Gasteiger partial charge in [-0.1, -0.05) is 61.2 Å². The van der Waals surface area contributed by atoms with Crippen molar-refractivity contribution in [3.05, 3.63) is 53.1 Å². The summed E-state index contributed by atoms with van der Waals surface area (Å²) in [6, 6.07) is 11.8. The molecule has 0 spiro atoms. The average molecular weight is 552 g/mol. The van der Waals surface area contributed by atoms with Crippen molar-refractivity contribution in [1.29, 1.82) is 0 Å². The van der Waals surface area contributed by atoms with Crippen molar-refractivity contribution < 1.29 is 18.0 Å². The van der Waals surface area contributed by atoms with E-state index in [-0.39, 0.29) is 16.7 Å². The van der Waals surface area contributed by atoms with E-state index in [1.165, 1.54) is 25.3 Å². The minimum atomic E-state index is -4.02. The first-order chi connectivity index (χ1) is 17.2. The molecule has 0 aromatic heterocycles. The van der Waals surface area contributed by atoms with Crippen molar-refractivity contribution in [3.63, 3.8) is 0 Å². The van der Waals surface area contributed by atoms with Gasteiger partial charge in [0.25, 0.3) is 10.0 Å². The van der Waals surface area contributed by atoms with Gasteiger partial charge in [0.05, 0.1) is 4.90 Å². The first-order valence-electron chi connectivity index (χ1n) is 12.2. The van der Waals surface area contributed by atoms with Gasteiger partial charge >= 0.3 is 0 Å². The summed E-state index contributed by atoms with van der Waals surface area (Å²) in [5.74, 6) is 0.396. The van der Waals surface area contributed by atoms with Crippen molar-refractivity contribution in [2.45, 2.75) is 50.5 Å². The Bertz CT molecular complexity index is 1170. The van der Waals surface area contributed by atoms with E-state index >= 15 is 0 Å². The Balaban J connectivity index is 1.56. The van der Waals surface area contributed by atoms with Crippen molar-refractivity contribution in [3.8, 4) is 11.1 Å². The Morgan fingerprint density at radius 1 is 1.06 bits per heavy atom. The fourth-order valence-electron chi connectivity index (χ4n) is 4.68. The molecular formula is C26H34ClN3O4S2. The van der Waals surface area contributed by atoms with Gasteiger partial charge < -0.3 is 10.6 Å². The van der Waals surface area contributed by atoms with Crippen LogP contribution < -0.4 is 15.4 Å². The van der Waals surface area contributed by atoms with Crippen LogP contribution in [0.4, 0.5) is 0 Å². The maximum atomic E-state index is 12.6. The van der Waals surface area contributed by atoms with E-state index in [1.54, 1.807) is 30.3 Å². The summed E-state index contributed by atoms with van der Waals surface area (Å²) in [6.07, 6.45) is 5.87. The molecule has 3 N–H and O–H groups in total.